The van der Waals surface area contributed by atoms with Gasteiger partial charge in [-0.2, -0.15) is 0 Å². The second kappa shape index (κ2) is 9.66. The van der Waals surface area contributed by atoms with Gasteiger partial charge < -0.3 is 9.47 Å². The monoisotopic (exact) mass is 320 g/mol. The smallest absolute Gasteiger partial charge is 0.104 e. The number of hydrogen-bond acceptors (Lipinski definition) is 2. The molecule has 0 aliphatic carbocycles. The maximum absolute atomic E-state index is 5.66. The van der Waals surface area contributed by atoms with Gasteiger partial charge in [0.25, 0.3) is 0 Å². The molecule has 124 valence electrons. The molecule has 2 heteroatoms. The fourth-order valence-electron chi connectivity index (χ4n) is 2.20. The largest absolute Gasteiger partial charge is 0.371 e. The molecule has 2 unspecified atom stereocenters. The van der Waals surface area contributed by atoms with E-state index < -0.39 is 0 Å². The van der Waals surface area contributed by atoms with Crippen LogP contribution < -0.4 is 0 Å². The maximum atomic E-state index is 5.66. The second-order valence-corrected chi connectivity index (χ2v) is 5.39. The lowest BCUT2D eigenvalue weighted by Crippen LogP contribution is -2.06. The van der Waals surface area contributed by atoms with Crippen LogP contribution in [0, 0.1) is 0 Å². The lowest BCUT2D eigenvalue weighted by Gasteiger charge is -2.13. The molecule has 2 atom stereocenters. The molecule has 1 heterocycles. The van der Waals surface area contributed by atoms with E-state index in [0.29, 0.717) is 12.7 Å². The Morgan fingerprint density at radius 2 is 1.50 bits per heavy atom. The Morgan fingerprint density at radius 3 is 1.96 bits per heavy atom. The van der Waals surface area contributed by atoms with Gasteiger partial charge in [-0.15, -0.1) is 6.58 Å². The van der Waals surface area contributed by atoms with Crippen molar-refractivity contribution in [2.75, 3.05) is 13.2 Å². The zero-order chi connectivity index (χ0) is 17.2. The van der Waals surface area contributed by atoms with Crippen LogP contribution in [-0.2, 0) is 9.47 Å². The highest BCUT2D eigenvalue weighted by molar-refractivity contribution is 5.63. The van der Waals surface area contributed by atoms with E-state index in [1.165, 1.54) is 0 Å². The van der Waals surface area contributed by atoms with Crippen molar-refractivity contribution in [2.45, 2.75) is 12.2 Å². The van der Waals surface area contributed by atoms with Crippen LogP contribution in [0.25, 0.3) is 12.2 Å². The minimum Gasteiger partial charge on any atom is -0.371 e. The van der Waals surface area contributed by atoms with Crippen molar-refractivity contribution in [3.05, 3.63) is 97.1 Å². The average Bonchev–Trinajstić information content (AvgIpc) is 3.48. The number of epoxide rings is 1. The van der Waals surface area contributed by atoms with Gasteiger partial charge in [0.15, 0.2) is 0 Å². The molecule has 2 aromatic carbocycles. The summed E-state index contributed by atoms with van der Waals surface area (Å²) in [5.74, 6) is 0. The molecule has 1 fully saturated rings. The van der Waals surface area contributed by atoms with E-state index in [-0.39, 0.29) is 6.10 Å². The van der Waals surface area contributed by atoms with Crippen LogP contribution >= 0.6 is 0 Å². The summed E-state index contributed by atoms with van der Waals surface area (Å²) in [5.41, 5.74) is 3.41. The van der Waals surface area contributed by atoms with E-state index in [2.05, 4.69) is 19.7 Å². The van der Waals surface area contributed by atoms with Gasteiger partial charge in [0.2, 0.25) is 0 Å². The quantitative estimate of drug-likeness (QED) is 0.510. The van der Waals surface area contributed by atoms with Crippen LogP contribution in [0.3, 0.4) is 0 Å². The van der Waals surface area contributed by atoms with E-state index in [1.807, 2.05) is 72.8 Å². The molecule has 3 rings (SSSR count). The topological polar surface area (TPSA) is 21.8 Å². The zero-order valence-electron chi connectivity index (χ0n) is 13.9. The SMILES string of the molecule is C=CC(OCC1CO1)c1ccccc1.C=Cc1ccccc1C=C. The van der Waals surface area contributed by atoms with E-state index >= 15 is 0 Å². The third kappa shape index (κ3) is 5.65. The molecular weight excluding hydrogens is 296 g/mol. The van der Waals surface area contributed by atoms with Crippen LogP contribution in [0.5, 0.6) is 0 Å². The van der Waals surface area contributed by atoms with Gasteiger partial charge in [0.1, 0.15) is 12.2 Å². The highest BCUT2D eigenvalue weighted by Gasteiger charge is 2.23. The van der Waals surface area contributed by atoms with E-state index in [9.17, 15) is 0 Å². The molecule has 0 N–H and O–H groups in total. The van der Waals surface area contributed by atoms with Gasteiger partial charge in [0, 0.05) is 0 Å². The predicted molar refractivity (Wildman–Crippen MR) is 102 cm³/mol. The Morgan fingerprint density at radius 1 is 0.958 bits per heavy atom. The molecule has 0 radical (unpaired) electrons. The highest BCUT2D eigenvalue weighted by Crippen LogP contribution is 2.20. The van der Waals surface area contributed by atoms with Crippen LogP contribution in [-0.4, -0.2) is 19.3 Å². The summed E-state index contributed by atoms with van der Waals surface area (Å²) in [4.78, 5) is 0. The summed E-state index contributed by atoms with van der Waals surface area (Å²) in [6.45, 7) is 12.6. The molecule has 0 aromatic heterocycles. The normalized spacial score (nSPS) is 16.2. The Labute approximate surface area is 144 Å². The van der Waals surface area contributed by atoms with Crippen LogP contribution in [0.15, 0.2) is 80.4 Å². The Kier molecular flexibility index (Phi) is 7.21. The first-order valence-corrected chi connectivity index (χ1v) is 8.03. The summed E-state index contributed by atoms with van der Waals surface area (Å²) in [5, 5.41) is 0. The summed E-state index contributed by atoms with van der Waals surface area (Å²) in [7, 11) is 0. The van der Waals surface area contributed by atoms with Gasteiger partial charge in [-0.1, -0.05) is 86.0 Å². The summed E-state index contributed by atoms with van der Waals surface area (Å²) >= 11 is 0. The lowest BCUT2D eigenvalue weighted by atomic mass is 10.1. The van der Waals surface area contributed by atoms with Gasteiger partial charge in [0.05, 0.1) is 13.2 Å². The van der Waals surface area contributed by atoms with Crippen molar-refractivity contribution < 1.29 is 9.47 Å². The number of benzene rings is 2. The van der Waals surface area contributed by atoms with Crippen molar-refractivity contribution in [2.24, 2.45) is 0 Å². The standard InChI is InChI=1S/C12H14O2.C10H10/c1-2-12(14-9-11-8-13-11)10-6-4-3-5-7-10;1-3-9-7-5-6-8-10(9)4-2/h2-7,11-12H,1,8-9H2;3-8H,1-2H2. The molecule has 2 aromatic rings. The first kappa shape index (κ1) is 17.9. The predicted octanol–water partition coefficient (Wildman–Crippen LogP) is 5.30. The van der Waals surface area contributed by atoms with Gasteiger partial charge in [-0.3, -0.25) is 0 Å². The Bertz CT molecular complexity index is 630. The maximum Gasteiger partial charge on any atom is 0.104 e. The van der Waals surface area contributed by atoms with Crippen molar-refractivity contribution in [3.8, 4) is 0 Å². The molecule has 0 amide bonds. The molecular formula is C22H24O2. The first-order valence-electron chi connectivity index (χ1n) is 8.03. The lowest BCUT2D eigenvalue weighted by molar-refractivity contribution is 0.0721. The summed E-state index contributed by atoms with van der Waals surface area (Å²) in [6, 6.07) is 18.1. The third-order valence-corrected chi connectivity index (χ3v) is 3.64. The van der Waals surface area contributed by atoms with E-state index in [1.54, 1.807) is 0 Å². The number of hydrogen-bond donors (Lipinski definition) is 0. The van der Waals surface area contributed by atoms with Crippen LogP contribution in [0.4, 0.5) is 0 Å². The number of ether oxygens (including phenoxy) is 2. The van der Waals surface area contributed by atoms with Gasteiger partial charge in [-0.05, 0) is 16.7 Å². The zero-order valence-corrected chi connectivity index (χ0v) is 13.9. The van der Waals surface area contributed by atoms with Crippen molar-refractivity contribution in [1.82, 2.24) is 0 Å². The van der Waals surface area contributed by atoms with Gasteiger partial charge >= 0.3 is 0 Å². The average molecular weight is 320 g/mol. The molecule has 2 nitrogen and oxygen atoms in total. The second-order valence-electron chi connectivity index (χ2n) is 5.39. The van der Waals surface area contributed by atoms with Crippen molar-refractivity contribution >= 4 is 12.2 Å². The van der Waals surface area contributed by atoms with Crippen molar-refractivity contribution in [3.63, 3.8) is 0 Å². The Hall–Kier alpha value is -2.42. The fourth-order valence-corrected chi connectivity index (χ4v) is 2.20. The minimum atomic E-state index is -0.0135. The van der Waals surface area contributed by atoms with Crippen LogP contribution in [0.1, 0.15) is 22.8 Å². The fraction of sp³-hybridized carbons (Fsp3) is 0.182. The summed E-state index contributed by atoms with van der Waals surface area (Å²) in [6.07, 6.45) is 5.77. The van der Waals surface area contributed by atoms with E-state index in [4.69, 9.17) is 9.47 Å². The number of rotatable bonds is 7. The van der Waals surface area contributed by atoms with Gasteiger partial charge in [-0.25, -0.2) is 0 Å². The first-order chi connectivity index (χ1) is 11.8. The molecule has 1 aliphatic heterocycles. The third-order valence-electron chi connectivity index (χ3n) is 3.64. The molecule has 0 bridgehead atoms. The molecule has 1 aliphatic rings. The molecule has 0 saturated carbocycles. The highest BCUT2D eigenvalue weighted by atomic mass is 16.6. The molecule has 1 saturated heterocycles. The Balaban J connectivity index is 0.000000185. The van der Waals surface area contributed by atoms with Crippen LogP contribution in [0.2, 0.25) is 0 Å². The molecule has 0 spiro atoms. The van der Waals surface area contributed by atoms with Crippen molar-refractivity contribution in [1.29, 1.82) is 0 Å². The van der Waals surface area contributed by atoms with E-state index in [0.717, 1.165) is 23.3 Å². The molecule has 24 heavy (non-hydrogen) atoms. The summed E-state index contributed by atoms with van der Waals surface area (Å²) < 4.78 is 10.7. The minimum absolute atomic E-state index is 0.0135.